The van der Waals surface area contributed by atoms with Gasteiger partial charge in [-0.15, -0.1) is 0 Å². The Labute approximate surface area is 145 Å². The normalized spacial score (nSPS) is 17.3. The van der Waals surface area contributed by atoms with Crippen molar-refractivity contribution in [2.24, 2.45) is 5.92 Å². The number of halogens is 1. The fraction of sp³-hybridized carbons (Fsp3) is 0.353. The van der Waals surface area contributed by atoms with Crippen molar-refractivity contribution in [3.63, 3.8) is 0 Å². The molecule has 24 heavy (non-hydrogen) atoms. The molecule has 0 spiro atoms. The number of amides is 2. The SMILES string of the molecule is CCOC(=O)C1=C(C)NC(=O)[C@@H](CC(=O)Nc2ccc(Cl)cc2)C1. The van der Waals surface area contributed by atoms with Crippen LogP contribution in [0.5, 0.6) is 0 Å². The molecule has 0 aliphatic carbocycles. The average Bonchev–Trinajstić information content (AvgIpc) is 2.52. The number of ether oxygens (including phenoxy) is 1. The van der Waals surface area contributed by atoms with Crippen molar-refractivity contribution in [3.8, 4) is 0 Å². The van der Waals surface area contributed by atoms with E-state index in [-0.39, 0.29) is 31.3 Å². The number of rotatable bonds is 5. The monoisotopic (exact) mass is 350 g/mol. The molecule has 128 valence electrons. The first-order valence-electron chi connectivity index (χ1n) is 7.63. The topological polar surface area (TPSA) is 84.5 Å². The first-order valence-corrected chi connectivity index (χ1v) is 8.01. The van der Waals surface area contributed by atoms with Crippen LogP contribution in [0.2, 0.25) is 5.02 Å². The molecule has 1 aromatic rings. The molecule has 1 aliphatic heterocycles. The maximum absolute atomic E-state index is 12.1. The Balaban J connectivity index is 2.01. The van der Waals surface area contributed by atoms with Gasteiger partial charge in [0.1, 0.15) is 0 Å². The Bertz CT molecular complexity index is 682. The molecule has 0 fully saturated rings. The van der Waals surface area contributed by atoms with Gasteiger partial charge in [-0.25, -0.2) is 4.79 Å². The highest BCUT2D eigenvalue weighted by Crippen LogP contribution is 2.25. The molecular formula is C17H19ClN2O4. The number of anilines is 1. The summed E-state index contributed by atoms with van der Waals surface area (Å²) in [5, 5.41) is 5.91. The summed E-state index contributed by atoms with van der Waals surface area (Å²) in [5.41, 5.74) is 1.48. The number of carbonyl (C=O) groups excluding carboxylic acids is 3. The predicted molar refractivity (Wildman–Crippen MR) is 90.3 cm³/mol. The molecule has 1 aliphatic rings. The van der Waals surface area contributed by atoms with Crippen LogP contribution in [0.4, 0.5) is 5.69 Å². The van der Waals surface area contributed by atoms with E-state index in [1.165, 1.54) is 0 Å². The molecule has 0 saturated heterocycles. The van der Waals surface area contributed by atoms with Gasteiger partial charge < -0.3 is 15.4 Å². The molecule has 1 atom stereocenters. The number of hydrogen-bond donors (Lipinski definition) is 2. The first-order chi connectivity index (χ1) is 11.4. The highest BCUT2D eigenvalue weighted by atomic mass is 35.5. The second-order valence-electron chi connectivity index (χ2n) is 5.47. The van der Waals surface area contributed by atoms with Gasteiger partial charge in [-0.3, -0.25) is 9.59 Å². The van der Waals surface area contributed by atoms with Crippen LogP contribution in [0.25, 0.3) is 0 Å². The van der Waals surface area contributed by atoms with E-state index < -0.39 is 11.9 Å². The summed E-state index contributed by atoms with van der Waals surface area (Å²) in [4.78, 5) is 36.1. The van der Waals surface area contributed by atoms with Gasteiger partial charge in [0.15, 0.2) is 0 Å². The van der Waals surface area contributed by atoms with E-state index in [0.717, 1.165) is 0 Å². The minimum Gasteiger partial charge on any atom is -0.463 e. The van der Waals surface area contributed by atoms with Crippen molar-refractivity contribution >= 4 is 35.1 Å². The van der Waals surface area contributed by atoms with E-state index in [1.807, 2.05) is 0 Å². The highest BCUT2D eigenvalue weighted by Gasteiger charge is 2.31. The number of hydrogen-bond acceptors (Lipinski definition) is 4. The fourth-order valence-electron chi connectivity index (χ4n) is 2.44. The minimum atomic E-state index is -0.611. The molecule has 0 saturated carbocycles. The van der Waals surface area contributed by atoms with Crippen molar-refractivity contribution in [2.75, 3.05) is 11.9 Å². The molecule has 7 heteroatoms. The van der Waals surface area contributed by atoms with E-state index in [2.05, 4.69) is 10.6 Å². The van der Waals surface area contributed by atoms with Gasteiger partial charge in [0.05, 0.1) is 18.1 Å². The first kappa shape index (κ1) is 18.0. The number of carbonyl (C=O) groups is 3. The van der Waals surface area contributed by atoms with Crippen molar-refractivity contribution in [2.45, 2.75) is 26.7 Å². The number of benzene rings is 1. The molecule has 0 bridgehead atoms. The summed E-state index contributed by atoms with van der Waals surface area (Å²) >= 11 is 5.79. The molecule has 1 aromatic carbocycles. The number of nitrogens with one attached hydrogen (secondary N) is 2. The average molecular weight is 351 g/mol. The molecule has 1 heterocycles. The van der Waals surface area contributed by atoms with Gasteiger partial charge in [0.2, 0.25) is 11.8 Å². The Kier molecular flexibility index (Phi) is 5.98. The lowest BCUT2D eigenvalue weighted by molar-refractivity contribution is -0.139. The van der Waals surface area contributed by atoms with Gasteiger partial charge in [-0.2, -0.15) is 0 Å². The summed E-state index contributed by atoms with van der Waals surface area (Å²) in [7, 11) is 0. The quantitative estimate of drug-likeness (QED) is 0.799. The van der Waals surface area contributed by atoms with Crippen LogP contribution < -0.4 is 10.6 Å². The zero-order valence-electron chi connectivity index (χ0n) is 13.5. The van der Waals surface area contributed by atoms with Crippen LogP contribution in [0.15, 0.2) is 35.5 Å². The third kappa shape index (κ3) is 4.58. The zero-order valence-corrected chi connectivity index (χ0v) is 14.3. The third-order valence-corrected chi connectivity index (χ3v) is 3.92. The lowest BCUT2D eigenvalue weighted by atomic mass is 9.90. The van der Waals surface area contributed by atoms with Crippen molar-refractivity contribution in [1.29, 1.82) is 0 Å². The molecule has 6 nitrogen and oxygen atoms in total. The highest BCUT2D eigenvalue weighted by molar-refractivity contribution is 6.30. The van der Waals surface area contributed by atoms with Gasteiger partial charge >= 0.3 is 5.97 Å². The Morgan fingerprint density at radius 3 is 2.62 bits per heavy atom. The molecular weight excluding hydrogens is 332 g/mol. The van der Waals surface area contributed by atoms with Crippen molar-refractivity contribution in [3.05, 3.63) is 40.6 Å². The summed E-state index contributed by atoms with van der Waals surface area (Å²) in [6.45, 7) is 3.62. The largest absolute Gasteiger partial charge is 0.463 e. The zero-order chi connectivity index (χ0) is 17.7. The van der Waals surface area contributed by atoms with E-state index >= 15 is 0 Å². The summed E-state index contributed by atoms with van der Waals surface area (Å²) in [6, 6.07) is 6.68. The summed E-state index contributed by atoms with van der Waals surface area (Å²) < 4.78 is 4.99. The van der Waals surface area contributed by atoms with E-state index in [9.17, 15) is 14.4 Å². The van der Waals surface area contributed by atoms with Crippen molar-refractivity contribution in [1.82, 2.24) is 5.32 Å². The van der Waals surface area contributed by atoms with Gasteiger partial charge in [0, 0.05) is 22.8 Å². The van der Waals surface area contributed by atoms with Gasteiger partial charge in [0.25, 0.3) is 0 Å². The molecule has 0 aromatic heterocycles. The van der Waals surface area contributed by atoms with Crippen molar-refractivity contribution < 1.29 is 19.1 Å². The van der Waals surface area contributed by atoms with Crippen LogP contribution in [-0.2, 0) is 19.1 Å². The lowest BCUT2D eigenvalue weighted by Crippen LogP contribution is -2.38. The van der Waals surface area contributed by atoms with Crippen LogP contribution in [0.3, 0.4) is 0 Å². The Morgan fingerprint density at radius 2 is 2.00 bits per heavy atom. The second kappa shape index (κ2) is 7.97. The maximum atomic E-state index is 12.1. The predicted octanol–water partition coefficient (Wildman–Crippen LogP) is 2.64. The fourth-order valence-corrected chi connectivity index (χ4v) is 2.57. The lowest BCUT2D eigenvalue weighted by Gasteiger charge is -2.24. The van der Waals surface area contributed by atoms with Gasteiger partial charge in [-0.05, 0) is 44.5 Å². The van der Waals surface area contributed by atoms with E-state index in [1.54, 1.807) is 38.1 Å². The Morgan fingerprint density at radius 1 is 1.33 bits per heavy atom. The number of allylic oxidation sites excluding steroid dienone is 1. The van der Waals surface area contributed by atoms with Crippen LogP contribution in [0, 0.1) is 5.92 Å². The molecule has 2 N–H and O–H groups in total. The third-order valence-electron chi connectivity index (χ3n) is 3.67. The smallest absolute Gasteiger partial charge is 0.335 e. The van der Waals surface area contributed by atoms with E-state index in [0.29, 0.717) is 22.0 Å². The maximum Gasteiger partial charge on any atom is 0.335 e. The second-order valence-corrected chi connectivity index (χ2v) is 5.91. The molecule has 2 rings (SSSR count). The summed E-state index contributed by atoms with van der Waals surface area (Å²) in [6.07, 6.45) is 0.162. The molecule has 0 unspecified atom stereocenters. The number of esters is 1. The van der Waals surface area contributed by atoms with Gasteiger partial charge in [-0.1, -0.05) is 11.6 Å². The van der Waals surface area contributed by atoms with Crippen LogP contribution >= 0.6 is 11.6 Å². The molecule has 0 radical (unpaired) electrons. The summed E-state index contributed by atoms with van der Waals surface area (Å²) in [5.74, 6) is -1.65. The van der Waals surface area contributed by atoms with Crippen LogP contribution in [-0.4, -0.2) is 24.4 Å². The molecule has 2 amide bonds. The standard InChI is InChI=1S/C17H19ClN2O4/c1-3-24-17(23)14-8-11(16(22)19-10(14)2)9-15(21)20-13-6-4-12(18)5-7-13/h4-7,11H,3,8-9H2,1-2H3,(H,19,22)(H,20,21)/t11-/m1/s1. The van der Waals surface area contributed by atoms with Crippen LogP contribution in [0.1, 0.15) is 26.7 Å². The Hall–Kier alpha value is -2.34. The van der Waals surface area contributed by atoms with E-state index in [4.69, 9.17) is 16.3 Å². The minimum absolute atomic E-state index is 0.0232.